The fourth-order valence-corrected chi connectivity index (χ4v) is 1.46. The quantitative estimate of drug-likeness (QED) is 0.652. The van der Waals surface area contributed by atoms with E-state index in [1.807, 2.05) is 6.20 Å². The van der Waals surface area contributed by atoms with Gasteiger partial charge in [-0.15, -0.1) is 0 Å². The zero-order chi connectivity index (χ0) is 8.55. The molecule has 0 aliphatic carbocycles. The summed E-state index contributed by atoms with van der Waals surface area (Å²) in [5, 5.41) is 0. The normalized spacial score (nSPS) is 16.4. The molecule has 0 amide bonds. The summed E-state index contributed by atoms with van der Waals surface area (Å²) in [7, 11) is 0. The molecule has 0 spiro atoms. The molecule has 2 heterocycles. The summed E-state index contributed by atoms with van der Waals surface area (Å²) in [6, 6.07) is 0. The Morgan fingerprint density at radius 1 is 1.58 bits per heavy atom. The zero-order valence-electron chi connectivity index (χ0n) is 7.12. The minimum absolute atomic E-state index is 0.381. The molecule has 0 radical (unpaired) electrons. The number of rotatable bonds is 1. The number of hydrogen-bond donors (Lipinski definition) is 1. The van der Waals surface area contributed by atoms with Crippen molar-refractivity contribution in [2.75, 3.05) is 12.3 Å². The van der Waals surface area contributed by atoms with Crippen LogP contribution in [-0.4, -0.2) is 21.4 Å². The molecule has 0 saturated heterocycles. The monoisotopic (exact) mass is 164 g/mol. The third-order valence-electron chi connectivity index (χ3n) is 2.19. The molecule has 2 rings (SSSR count). The second-order valence-electron chi connectivity index (χ2n) is 3.00. The maximum absolute atomic E-state index is 5.48. The van der Waals surface area contributed by atoms with E-state index in [-0.39, 0.29) is 0 Å². The fraction of sp³-hybridized carbons (Fsp3) is 0.500. The molecule has 1 aromatic heterocycles. The van der Waals surface area contributed by atoms with E-state index < -0.39 is 0 Å². The predicted octanol–water partition coefficient (Wildman–Crippen LogP) is 0.394. The van der Waals surface area contributed by atoms with Gasteiger partial charge in [0.1, 0.15) is 0 Å². The summed E-state index contributed by atoms with van der Waals surface area (Å²) in [6.45, 7) is 5.07. The summed E-state index contributed by atoms with van der Waals surface area (Å²) < 4.78 is 0. The van der Waals surface area contributed by atoms with Gasteiger partial charge in [-0.1, -0.05) is 6.92 Å². The Bertz CT molecular complexity index is 297. The molecule has 12 heavy (non-hydrogen) atoms. The summed E-state index contributed by atoms with van der Waals surface area (Å²) in [6.07, 6.45) is 1.83. The SMILES string of the molecule is CCN1Cc2cnc(N)nc2C1. The van der Waals surface area contributed by atoms with Crippen molar-refractivity contribution in [2.45, 2.75) is 20.0 Å². The van der Waals surface area contributed by atoms with Crippen molar-refractivity contribution < 1.29 is 0 Å². The average molecular weight is 164 g/mol. The zero-order valence-corrected chi connectivity index (χ0v) is 7.12. The van der Waals surface area contributed by atoms with Crippen LogP contribution in [0.1, 0.15) is 18.2 Å². The third kappa shape index (κ3) is 1.14. The van der Waals surface area contributed by atoms with Crippen LogP contribution in [0.3, 0.4) is 0 Å². The van der Waals surface area contributed by atoms with Crippen molar-refractivity contribution >= 4 is 5.95 Å². The van der Waals surface area contributed by atoms with Crippen LogP contribution in [0.15, 0.2) is 6.20 Å². The smallest absolute Gasteiger partial charge is 0.220 e. The number of nitrogens with two attached hydrogens (primary N) is 1. The van der Waals surface area contributed by atoms with Gasteiger partial charge < -0.3 is 5.73 Å². The lowest BCUT2D eigenvalue weighted by Gasteiger charge is -2.08. The number of hydrogen-bond acceptors (Lipinski definition) is 4. The molecule has 1 aromatic rings. The highest BCUT2D eigenvalue weighted by Crippen LogP contribution is 2.19. The van der Waals surface area contributed by atoms with Crippen LogP contribution in [0.25, 0.3) is 0 Å². The lowest BCUT2D eigenvalue weighted by atomic mass is 10.3. The third-order valence-corrected chi connectivity index (χ3v) is 2.19. The predicted molar refractivity (Wildman–Crippen MR) is 46.2 cm³/mol. The number of nitrogens with zero attached hydrogens (tertiary/aromatic N) is 3. The average Bonchev–Trinajstić information content (AvgIpc) is 2.46. The number of anilines is 1. The van der Waals surface area contributed by atoms with E-state index in [1.165, 1.54) is 5.56 Å². The summed E-state index contributed by atoms with van der Waals surface area (Å²) >= 11 is 0. The molecular formula is C8H12N4. The number of aromatic nitrogens is 2. The van der Waals surface area contributed by atoms with Gasteiger partial charge in [0.15, 0.2) is 0 Å². The van der Waals surface area contributed by atoms with Gasteiger partial charge in [0, 0.05) is 24.8 Å². The highest BCUT2D eigenvalue weighted by molar-refractivity contribution is 5.27. The first-order valence-electron chi connectivity index (χ1n) is 4.12. The Morgan fingerprint density at radius 3 is 3.17 bits per heavy atom. The van der Waals surface area contributed by atoms with Crippen LogP contribution < -0.4 is 5.73 Å². The Kier molecular flexibility index (Phi) is 1.69. The van der Waals surface area contributed by atoms with Crippen LogP contribution in [0, 0.1) is 0 Å². The first kappa shape index (κ1) is 7.49. The molecule has 0 saturated carbocycles. The van der Waals surface area contributed by atoms with Crippen molar-refractivity contribution in [1.82, 2.24) is 14.9 Å². The van der Waals surface area contributed by atoms with Gasteiger partial charge in [-0.2, -0.15) is 0 Å². The molecule has 2 N–H and O–H groups in total. The van der Waals surface area contributed by atoms with Crippen LogP contribution in [0.5, 0.6) is 0 Å². The van der Waals surface area contributed by atoms with Crippen LogP contribution in [-0.2, 0) is 13.1 Å². The van der Waals surface area contributed by atoms with Crippen molar-refractivity contribution in [2.24, 2.45) is 0 Å². The molecule has 4 heteroatoms. The Morgan fingerprint density at radius 2 is 2.42 bits per heavy atom. The molecule has 0 fully saturated rings. The molecule has 0 bridgehead atoms. The van der Waals surface area contributed by atoms with E-state index >= 15 is 0 Å². The first-order chi connectivity index (χ1) is 5.79. The summed E-state index contributed by atoms with van der Waals surface area (Å²) in [5.41, 5.74) is 7.78. The molecule has 0 atom stereocenters. The maximum Gasteiger partial charge on any atom is 0.220 e. The van der Waals surface area contributed by atoms with Crippen molar-refractivity contribution in [1.29, 1.82) is 0 Å². The lowest BCUT2D eigenvalue weighted by Crippen LogP contribution is -2.14. The first-order valence-corrected chi connectivity index (χ1v) is 4.12. The van der Waals surface area contributed by atoms with Gasteiger partial charge in [-0.05, 0) is 6.54 Å². The highest BCUT2D eigenvalue weighted by Gasteiger charge is 2.18. The van der Waals surface area contributed by atoms with Gasteiger partial charge >= 0.3 is 0 Å². The lowest BCUT2D eigenvalue weighted by molar-refractivity contribution is 0.299. The van der Waals surface area contributed by atoms with Gasteiger partial charge in [-0.3, -0.25) is 4.90 Å². The summed E-state index contributed by atoms with van der Waals surface area (Å²) in [5.74, 6) is 0.381. The Hall–Kier alpha value is -1.16. The van der Waals surface area contributed by atoms with Crippen LogP contribution >= 0.6 is 0 Å². The largest absolute Gasteiger partial charge is 0.368 e. The molecule has 4 nitrogen and oxygen atoms in total. The fourth-order valence-electron chi connectivity index (χ4n) is 1.46. The van der Waals surface area contributed by atoms with Crippen LogP contribution in [0.2, 0.25) is 0 Å². The van der Waals surface area contributed by atoms with Crippen LogP contribution in [0.4, 0.5) is 5.95 Å². The number of fused-ring (bicyclic) bond motifs is 1. The summed E-state index contributed by atoms with van der Waals surface area (Å²) in [4.78, 5) is 10.4. The highest BCUT2D eigenvalue weighted by atomic mass is 15.2. The molecule has 1 aliphatic heterocycles. The minimum Gasteiger partial charge on any atom is -0.368 e. The van der Waals surface area contributed by atoms with E-state index in [0.717, 1.165) is 25.3 Å². The topological polar surface area (TPSA) is 55.0 Å². The van der Waals surface area contributed by atoms with E-state index in [4.69, 9.17) is 5.73 Å². The van der Waals surface area contributed by atoms with Gasteiger partial charge in [0.25, 0.3) is 0 Å². The van der Waals surface area contributed by atoms with E-state index in [1.54, 1.807) is 0 Å². The van der Waals surface area contributed by atoms with E-state index in [9.17, 15) is 0 Å². The number of nitrogen functional groups attached to an aromatic ring is 1. The molecule has 0 unspecified atom stereocenters. The molecule has 1 aliphatic rings. The Labute approximate surface area is 71.4 Å². The van der Waals surface area contributed by atoms with E-state index in [2.05, 4.69) is 21.8 Å². The van der Waals surface area contributed by atoms with Crippen molar-refractivity contribution in [3.05, 3.63) is 17.5 Å². The second-order valence-corrected chi connectivity index (χ2v) is 3.00. The van der Waals surface area contributed by atoms with Crippen molar-refractivity contribution in [3.8, 4) is 0 Å². The molecule has 64 valence electrons. The van der Waals surface area contributed by atoms with Gasteiger partial charge in [0.05, 0.1) is 5.69 Å². The standard InChI is InChI=1S/C8H12N4/c1-2-12-4-6-3-10-8(9)11-7(6)5-12/h3H,2,4-5H2,1H3,(H2,9,10,11). The van der Waals surface area contributed by atoms with Crippen molar-refractivity contribution in [3.63, 3.8) is 0 Å². The van der Waals surface area contributed by atoms with E-state index in [0.29, 0.717) is 5.95 Å². The van der Waals surface area contributed by atoms with Gasteiger partial charge in [0.2, 0.25) is 5.95 Å². The van der Waals surface area contributed by atoms with Gasteiger partial charge in [-0.25, -0.2) is 9.97 Å². The molecular weight excluding hydrogens is 152 g/mol. The minimum atomic E-state index is 0.381. The Balaban J connectivity index is 2.30. The second kappa shape index (κ2) is 2.71. The molecule has 0 aromatic carbocycles. The maximum atomic E-state index is 5.48.